The molecule has 0 bridgehead atoms. The Bertz CT molecular complexity index is 1540. The molecule has 1 aromatic heterocycles. The molecule has 3 atom stereocenters. The Labute approximate surface area is 256 Å². The van der Waals surface area contributed by atoms with E-state index in [1.165, 1.54) is 6.07 Å². The first kappa shape index (κ1) is 29.4. The number of ether oxygens (including phenoxy) is 2. The molecule has 2 N–H and O–H groups in total. The second-order valence-corrected chi connectivity index (χ2v) is 12.8. The van der Waals surface area contributed by atoms with Gasteiger partial charge in [0.05, 0.1) is 31.0 Å². The number of hydrogen-bond donors (Lipinski definition) is 2. The summed E-state index contributed by atoms with van der Waals surface area (Å²) < 4.78 is 41.6. The quantitative estimate of drug-likeness (QED) is 0.412. The van der Waals surface area contributed by atoms with E-state index in [-0.39, 0.29) is 35.6 Å². The third-order valence-electron chi connectivity index (χ3n) is 9.98. The van der Waals surface area contributed by atoms with Crippen molar-refractivity contribution in [2.45, 2.75) is 57.3 Å². The molecule has 9 nitrogen and oxygen atoms in total. The van der Waals surface area contributed by atoms with Gasteiger partial charge in [-0.15, -0.1) is 0 Å². The molecule has 236 valence electrons. The highest BCUT2D eigenvalue weighted by molar-refractivity contribution is 5.98. The molecule has 3 fully saturated rings. The molecule has 7 rings (SSSR count). The van der Waals surface area contributed by atoms with Gasteiger partial charge in [0.25, 0.3) is 0 Å². The van der Waals surface area contributed by atoms with Gasteiger partial charge in [-0.2, -0.15) is 9.97 Å². The normalized spacial score (nSPS) is 25.7. The number of fused-ring (bicyclic) bond motifs is 3. The molecule has 2 aromatic carbocycles. The molecular weight excluding hydrogens is 568 g/mol. The van der Waals surface area contributed by atoms with E-state index in [4.69, 9.17) is 19.4 Å². The number of hydrogen-bond acceptors (Lipinski definition) is 9. The van der Waals surface area contributed by atoms with Crippen LogP contribution in [0.25, 0.3) is 10.8 Å². The summed E-state index contributed by atoms with van der Waals surface area (Å²) in [7, 11) is 0. The Kier molecular flexibility index (Phi) is 7.96. The summed E-state index contributed by atoms with van der Waals surface area (Å²) >= 11 is 0. The van der Waals surface area contributed by atoms with Gasteiger partial charge in [-0.3, -0.25) is 4.90 Å². The van der Waals surface area contributed by atoms with Gasteiger partial charge in [0.2, 0.25) is 0 Å². The van der Waals surface area contributed by atoms with E-state index in [2.05, 4.69) is 14.7 Å². The first-order valence-electron chi connectivity index (χ1n) is 15.9. The molecule has 0 aliphatic carbocycles. The van der Waals surface area contributed by atoms with Crippen LogP contribution in [0.5, 0.6) is 11.8 Å². The maximum Gasteiger partial charge on any atom is 0.318 e. The van der Waals surface area contributed by atoms with Crippen molar-refractivity contribution in [1.82, 2.24) is 14.9 Å². The summed E-state index contributed by atoms with van der Waals surface area (Å²) in [5.74, 6) is 0.612. The molecule has 5 heterocycles. The van der Waals surface area contributed by atoms with Gasteiger partial charge < -0.3 is 29.5 Å². The Morgan fingerprint density at radius 1 is 1.14 bits per heavy atom. The Morgan fingerprint density at radius 3 is 2.86 bits per heavy atom. The van der Waals surface area contributed by atoms with Crippen LogP contribution in [-0.2, 0) is 24.1 Å². The van der Waals surface area contributed by atoms with Crippen LogP contribution in [0.15, 0.2) is 24.3 Å². The van der Waals surface area contributed by atoms with Gasteiger partial charge in [0.15, 0.2) is 0 Å². The molecule has 0 radical (unpaired) electrons. The molecule has 0 amide bonds. The minimum absolute atomic E-state index is 0.0184. The number of phenolic OH excluding ortho intramolecular Hbond substituents is 1. The Hall–Kier alpha value is -3.28. The standard InChI is InChI=1S/C33H41F2N5O4/c1-2-25-27(35)5-4-22-12-24(42)13-29(30(22)25)38-9-6-26-28(17-38)36-32(37-31(26)39-10-11-43-19-21(15-39)18-41)44-20-33-7-3-8-40(33)16-23(34)14-33/h4-5,12-13,21,23,41-42H,2-3,6-11,14-20H2,1H3/t21?,23-,33+/m1/s1. The lowest BCUT2D eigenvalue weighted by atomic mass is 9.95. The van der Waals surface area contributed by atoms with Crippen LogP contribution in [0.1, 0.15) is 43.0 Å². The second-order valence-electron chi connectivity index (χ2n) is 12.8. The van der Waals surface area contributed by atoms with Crippen molar-refractivity contribution in [3.05, 3.63) is 46.9 Å². The summed E-state index contributed by atoms with van der Waals surface area (Å²) in [6.07, 6.45) is 2.69. The predicted molar refractivity (Wildman–Crippen MR) is 164 cm³/mol. The van der Waals surface area contributed by atoms with Gasteiger partial charge in [-0.1, -0.05) is 13.0 Å². The zero-order valence-electron chi connectivity index (χ0n) is 25.3. The average molecular weight is 610 g/mol. The number of aromatic nitrogens is 2. The molecule has 4 aliphatic heterocycles. The van der Waals surface area contributed by atoms with Gasteiger partial charge >= 0.3 is 6.01 Å². The van der Waals surface area contributed by atoms with E-state index in [1.807, 2.05) is 6.92 Å². The van der Waals surface area contributed by atoms with Gasteiger partial charge in [0, 0.05) is 67.8 Å². The van der Waals surface area contributed by atoms with Crippen molar-refractivity contribution < 1.29 is 28.5 Å². The molecule has 4 aliphatic rings. The number of rotatable bonds is 7. The van der Waals surface area contributed by atoms with Gasteiger partial charge in [0.1, 0.15) is 30.2 Å². The van der Waals surface area contributed by atoms with Gasteiger partial charge in [-0.05, 0) is 55.3 Å². The molecule has 0 saturated carbocycles. The number of aryl methyl sites for hydroxylation is 1. The van der Waals surface area contributed by atoms with Crippen molar-refractivity contribution >= 4 is 22.3 Å². The van der Waals surface area contributed by atoms with Crippen molar-refractivity contribution in [3.8, 4) is 11.8 Å². The van der Waals surface area contributed by atoms with E-state index in [0.717, 1.165) is 52.9 Å². The summed E-state index contributed by atoms with van der Waals surface area (Å²) in [5, 5.41) is 22.2. The average Bonchev–Trinajstić information content (AvgIpc) is 3.43. The van der Waals surface area contributed by atoms with Crippen LogP contribution in [0, 0.1) is 11.7 Å². The van der Waals surface area contributed by atoms with Crippen LogP contribution in [0.2, 0.25) is 0 Å². The smallest absolute Gasteiger partial charge is 0.318 e. The molecule has 11 heteroatoms. The van der Waals surface area contributed by atoms with E-state index in [0.29, 0.717) is 77.4 Å². The summed E-state index contributed by atoms with van der Waals surface area (Å²) in [5.41, 5.74) is 2.89. The molecule has 44 heavy (non-hydrogen) atoms. The number of alkyl halides is 1. The molecule has 1 unspecified atom stereocenters. The third kappa shape index (κ3) is 5.32. The molecule has 3 saturated heterocycles. The van der Waals surface area contributed by atoms with Gasteiger partial charge in [-0.25, -0.2) is 8.78 Å². The lowest BCUT2D eigenvalue weighted by Crippen LogP contribution is -2.43. The van der Waals surface area contributed by atoms with Crippen molar-refractivity contribution in [2.24, 2.45) is 5.92 Å². The number of nitrogens with zero attached hydrogens (tertiary/aromatic N) is 5. The lowest BCUT2D eigenvalue weighted by molar-refractivity contribution is 0.0959. The predicted octanol–water partition coefficient (Wildman–Crippen LogP) is 4.00. The lowest BCUT2D eigenvalue weighted by Gasteiger charge is -2.35. The van der Waals surface area contributed by atoms with Crippen LogP contribution in [0.3, 0.4) is 0 Å². The zero-order chi connectivity index (χ0) is 30.4. The first-order valence-corrected chi connectivity index (χ1v) is 15.9. The summed E-state index contributed by atoms with van der Waals surface area (Å²) in [4.78, 5) is 16.4. The molecular formula is C33H41F2N5O4. The molecule has 3 aromatic rings. The minimum Gasteiger partial charge on any atom is -0.508 e. The number of aromatic hydroxyl groups is 1. The number of phenols is 1. The summed E-state index contributed by atoms with van der Waals surface area (Å²) in [6.45, 7) is 6.90. The second kappa shape index (κ2) is 11.9. The summed E-state index contributed by atoms with van der Waals surface area (Å²) in [6, 6.07) is 6.83. The Morgan fingerprint density at radius 2 is 2.02 bits per heavy atom. The number of anilines is 2. The van der Waals surface area contributed by atoms with Crippen LogP contribution < -0.4 is 14.5 Å². The van der Waals surface area contributed by atoms with Crippen molar-refractivity contribution in [1.29, 1.82) is 0 Å². The fraction of sp³-hybridized carbons (Fsp3) is 0.576. The maximum absolute atomic E-state index is 15.0. The van der Waals surface area contributed by atoms with Crippen molar-refractivity contribution in [2.75, 3.05) is 69.0 Å². The van der Waals surface area contributed by atoms with Crippen LogP contribution >= 0.6 is 0 Å². The van der Waals surface area contributed by atoms with E-state index in [1.54, 1.807) is 18.2 Å². The monoisotopic (exact) mass is 609 g/mol. The number of aliphatic hydroxyl groups excluding tert-OH is 1. The van der Waals surface area contributed by atoms with Crippen molar-refractivity contribution in [3.63, 3.8) is 0 Å². The maximum atomic E-state index is 15.0. The third-order valence-corrected chi connectivity index (χ3v) is 9.98. The molecule has 0 spiro atoms. The fourth-order valence-electron chi connectivity index (χ4n) is 7.82. The highest BCUT2D eigenvalue weighted by atomic mass is 19.1. The number of halogens is 2. The largest absolute Gasteiger partial charge is 0.508 e. The van der Waals surface area contributed by atoms with E-state index >= 15 is 0 Å². The highest BCUT2D eigenvalue weighted by Crippen LogP contribution is 2.41. The topological polar surface area (TPSA) is 94.4 Å². The van der Waals surface area contributed by atoms with E-state index < -0.39 is 6.17 Å². The Balaban J connectivity index is 1.26. The SMILES string of the molecule is CCc1c(F)ccc2cc(O)cc(N3CCc4c(nc(OC[C@@]56CCCN5C[C@H](F)C6)nc4N4CCOCC(CO)C4)C3)c12. The highest BCUT2D eigenvalue weighted by Gasteiger charge is 2.49. The number of benzene rings is 2. The van der Waals surface area contributed by atoms with E-state index in [9.17, 15) is 19.0 Å². The first-order chi connectivity index (χ1) is 21.4. The number of aliphatic hydroxyl groups is 1. The van der Waals surface area contributed by atoms with Crippen LogP contribution in [0.4, 0.5) is 20.3 Å². The zero-order valence-corrected chi connectivity index (χ0v) is 25.3. The van der Waals surface area contributed by atoms with Crippen LogP contribution in [-0.4, -0.2) is 95.9 Å². The minimum atomic E-state index is -0.852. The fourth-order valence-corrected chi connectivity index (χ4v) is 7.82.